The molecule has 16 heavy (non-hydrogen) atoms. The fraction of sp³-hybridized carbons (Fsp3) is 0.273. The third-order valence-corrected chi connectivity index (χ3v) is 3.23. The van der Waals surface area contributed by atoms with Crippen molar-refractivity contribution in [3.05, 3.63) is 35.7 Å². The lowest BCUT2D eigenvalue weighted by molar-refractivity contribution is 0.692. The molecule has 84 valence electrons. The Bertz CT molecular complexity index is 492. The number of hydrogen-bond acceptors (Lipinski definition) is 4. The van der Waals surface area contributed by atoms with Crippen LogP contribution < -0.4 is 5.73 Å². The zero-order valence-corrected chi connectivity index (χ0v) is 10.2. The van der Waals surface area contributed by atoms with Gasteiger partial charge < -0.3 is 5.73 Å². The van der Waals surface area contributed by atoms with Crippen LogP contribution in [0.5, 0.6) is 0 Å². The lowest BCUT2D eigenvalue weighted by atomic mass is 10.3. The maximum Gasteiger partial charge on any atom is 0.102 e. The fourth-order valence-electron chi connectivity index (χ4n) is 1.42. The normalized spacial score (nSPS) is 10.7. The third kappa shape index (κ3) is 2.43. The molecule has 0 aliphatic heterocycles. The lowest BCUT2D eigenvalue weighted by Crippen LogP contribution is -1.97. The molecular weight excluding hydrogens is 220 g/mol. The van der Waals surface area contributed by atoms with Crippen molar-refractivity contribution in [3.8, 4) is 0 Å². The summed E-state index contributed by atoms with van der Waals surface area (Å²) in [5, 5.41) is 6.33. The van der Waals surface area contributed by atoms with Gasteiger partial charge in [0.2, 0.25) is 0 Å². The van der Waals surface area contributed by atoms with Crippen LogP contribution >= 0.6 is 11.8 Å². The van der Waals surface area contributed by atoms with Gasteiger partial charge in [-0.2, -0.15) is 5.10 Å². The van der Waals surface area contributed by atoms with Gasteiger partial charge in [0.1, 0.15) is 10.1 Å². The zero-order chi connectivity index (χ0) is 11.5. The molecule has 0 saturated carbocycles. The lowest BCUT2D eigenvalue weighted by Gasteiger charge is -2.02. The second-order valence-corrected chi connectivity index (χ2v) is 4.60. The van der Waals surface area contributed by atoms with Crippen molar-refractivity contribution >= 4 is 11.8 Å². The van der Waals surface area contributed by atoms with Crippen LogP contribution in [0.1, 0.15) is 11.3 Å². The van der Waals surface area contributed by atoms with Crippen LogP contribution in [0.4, 0.5) is 0 Å². The van der Waals surface area contributed by atoms with E-state index in [1.165, 1.54) is 0 Å². The summed E-state index contributed by atoms with van der Waals surface area (Å²) in [6.45, 7) is 2.52. The molecule has 0 radical (unpaired) electrons. The van der Waals surface area contributed by atoms with Gasteiger partial charge in [0.15, 0.2) is 0 Å². The first-order valence-electron chi connectivity index (χ1n) is 5.02. The van der Waals surface area contributed by atoms with Gasteiger partial charge in [0.25, 0.3) is 0 Å². The molecule has 0 bridgehead atoms. The van der Waals surface area contributed by atoms with Gasteiger partial charge in [0, 0.05) is 19.8 Å². The molecule has 4 nitrogen and oxygen atoms in total. The van der Waals surface area contributed by atoms with Gasteiger partial charge in [-0.3, -0.25) is 4.68 Å². The van der Waals surface area contributed by atoms with E-state index in [1.807, 2.05) is 36.9 Å². The first kappa shape index (κ1) is 11.2. The van der Waals surface area contributed by atoms with Crippen molar-refractivity contribution in [1.82, 2.24) is 14.8 Å². The van der Waals surface area contributed by atoms with Gasteiger partial charge in [-0.05, 0) is 30.7 Å². The number of aromatic nitrogens is 3. The van der Waals surface area contributed by atoms with Crippen LogP contribution in [0.15, 0.2) is 34.4 Å². The summed E-state index contributed by atoms with van der Waals surface area (Å²) in [7, 11) is 1.93. The molecule has 0 aromatic carbocycles. The minimum absolute atomic E-state index is 0.542. The van der Waals surface area contributed by atoms with Gasteiger partial charge in [-0.25, -0.2) is 4.98 Å². The van der Waals surface area contributed by atoms with Crippen molar-refractivity contribution < 1.29 is 0 Å². The van der Waals surface area contributed by atoms with E-state index in [0.29, 0.717) is 6.54 Å². The molecule has 2 N–H and O–H groups in total. The first-order chi connectivity index (χ1) is 7.69. The Labute approximate surface area is 98.9 Å². The Morgan fingerprint density at radius 2 is 2.25 bits per heavy atom. The van der Waals surface area contributed by atoms with Gasteiger partial charge in [0.05, 0.1) is 5.69 Å². The second kappa shape index (κ2) is 4.67. The predicted octanol–water partition coefficient (Wildman–Crippen LogP) is 1.73. The highest BCUT2D eigenvalue weighted by Gasteiger charge is 2.05. The number of aryl methyl sites for hydroxylation is 2. The van der Waals surface area contributed by atoms with E-state index in [1.54, 1.807) is 18.0 Å². The summed E-state index contributed by atoms with van der Waals surface area (Å²) in [6.07, 6.45) is 1.79. The van der Waals surface area contributed by atoms with Crippen LogP contribution in [0.25, 0.3) is 0 Å². The van der Waals surface area contributed by atoms with E-state index in [9.17, 15) is 0 Å². The molecule has 0 spiro atoms. The van der Waals surface area contributed by atoms with E-state index >= 15 is 0 Å². The van der Waals surface area contributed by atoms with Gasteiger partial charge in [-0.15, -0.1) is 0 Å². The highest BCUT2D eigenvalue weighted by molar-refractivity contribution is 7.99. The van der Waals surface area contributed by atoms with Crippen molar-refractivity contribution in [3.63, 3.8) is 0 Å². The van der Waals surface area contributed by atoms with Crippen LogP contribution in [-0.2, 0) is 13.6 Å². The average Bonchev–Trinajstić information content (AvgIpc) is 2.58. The maximum absolute atomic E-state index is 5.59. The number of nitrogens with two attached hydrogens (primary N) is 1. The molecule has 2 aromatic heterocycles. The minimum atomic E-state index is 0.542. The fourth-order valence-corrected chi connectivity index (χ4v) is 2.36. The summed E-state index contributed by atoms with van der Waals surface area (Å²) >= 11 is 1.60. The topological polar surface area (TPSA) is 56.7 Å². The molecule has 2 heterocycles. The number of rotatable bonds is 3. The highest BCUT2D eigenvalue weighted by Crippen LogP contribution is 2.26. The minimum Gasteiger partial charge on any atom is -0.326 e. The maximum atomic E-state index is 5.59. The van der Waals surface area contributed by atoms with E-state index in [2.05, 4.69) is 10.1 Å². The number of nitrogens with zero attached hydrogens (tertiary/aromatic N) is 3. The largest absolute Gasteiger partial charge is 0.326 e. The molecule has 0 saturated heterocycles. The number of pyridine rings is 1. The Balaban J connectivity index is 2.23. The summed E-state index contributed by atoms with van der Waals surface area (Å²) in [6, 6.07) is 5.98. The quantitative estimate of drug-likeness (QED) is 0.878. The first-order valence-corrected chi connectivity index (χ1v) is 5.84. The molecule has 2 rings (SSSR count). The smallest absolute Gasteiger partial charge is 0.102 e. The van der Waals surface area contributed by atoms with Crippen molar-refractivity contribution in [1.29, 1.82) is 0 Å². The average molecular weight is 234 g/mol. The predicted molar refractivity (Wildman–Crippen MR) is 64.2 cm³/mol. The van der Waals surface area contributed by atoms with Crippen LogP contribution in [-0.4, -0.2) is 14.8 Å². The van der Waals surface area contributed by atoms with Crippen molar-refractivity contribution in [2.75, 3.05) is 0 Å². The van der Waals surface area contributed by atoms with E-state index in [-0.39, 0.29) is 0 Å². The zero-order valence-electron chi connectivity index (χ0n) is 9.34. The van der Waals surface area contributed by atoms with Gasteiger partial charge >= 0.3 is 0 Å². The molecular formula is C11H14N4S. The molecule has 0 aliphatic rings. The van der Waals surface area contributed by atoms with Crippen molar-refractivity contribution in [2.45, 2.75) is 23.5 Å². The summed E-state index contributed by atoms with van der Waals surface area (Å²) in [5.41, 5.74) is 7.70. The molecule has 0 atom stereocenters. The van der Waals surface area contributed by atoms with Gasteiger partial charge in [-0.1, -0.05) is 11.8 Å². The van der Waals surface area contributed by atoms with Crippen LogP contribution in [0.3, 0.4) is 0 Å². The molecule has 0 amide bonds. The molecule has 0 aliphatic carbocycles. The highest BCUT2D eigenvalue weighted by atomic mass is 32.2. The van der Waals surface area contributed by atoms with Crippen LogP contribution in [0.2, 0.25) is 0 Å². The molecule has 0 unspecified atom stereocenters. The van der Waals surface area contributed by atoms with E-state index in [0.717, 1.165) is 21.3 Å². The Kier molecular flexibility index (Phi) is 3.26. The Morgan fingerprint density at radius 3 is 2.88 bits per heavy atom. The third-order valence-electron chi connectivity index (χ3n) is 2.20. The standard InChI is InChI=1S/C11H14N4S/c1-8-5-11(15(2)14-8)16-10-6-9(7-12)3-4-13-10/h3-6H,7,12H2,1-2H3. The SMILES string of the molecule is Cc1cc(Sc2cc(CN)ccn2)n(C)n1. The molecule has 5 heteroatoms. The second-order valence-electron chi connectivity index (χ2n) is 3.56. The van der Waals surface area contributed by atoms with E-state index in [4.69, 9.17) is 5.73 Å². The Morgan fingerprint density at radius 1 is 1.44 bits per heavy atom. The summed E-state index contributed by atoms with van der Waals surface area (Å²) in [5.74, 6) is 0. The monoisotopic (exact) mass is 234 g/mol. The summed E-state index contributed by atoms with van der Waals surface area (Å²) in [4.78, 5) is 4.30. The van der Waals surface area contributed by atoms with Crippen LogP contribution in [0, 0.1) is 6.92 Å². The molecule has 2 aromatic rings. The van der Waals surface area contributed by atoms with E-state index < -0.39 is 0 Å². The Hall–Kier alpha value is -1.33. The van der Waals surface area contributed by atoms with Crippen molar-refractivity contribution in [2.24, 2.45) is 12.8 Å². The number of hydrogen-bond donors (Lipinski definition) is 1. The molecule has 0 fully saturated rings. The summed E-state index contributed by atoms with van der Waals surface area (Å²) < 4.78 is 1.86.